The Hall–Kier alpha value is -2.96. The molecule has 29 heavy (non-hydrogen) atoms. The molecule has 0 spiro atoms. The molecule has 0 saturated carbocycles. The van der Waals surface area contributed by atoms with Gasteiger partial charge in [-0.3, -0.25) is 9.78 Å². The SMILES string of the molecule is Cc1c(C(N)=O)cc(-c2csc(-c3ccccc3Cl)n2)n1CCc1ccccn1. The average Bonchev–Trinajstić information content (AvgIpc) is 3.32. The number of pyridine rings is 1. The van der Waals surface area contributed by atoms with Crippen LogP contribution < -0.4 is 5.73 Å². The first kappa shape index (κ1) is 19.4. The number of nitrogens with two attached hydrogens (primary N) is 1. The molecule has 4 aromatic rings. The van der Waals surface area contributed by atoms with Crippen molar-refractivity contribution in [3.63, 3.8) is 0 Å². The Kier molecular flexibility index (Phi) is 5.47. The first-order valence-electron chi connectivity index (χ1n) is 9.15. The highest BCUT2D eigenvalue weighted by Crippen LogP contribution is 2.34. The Morgan fingerprint density at radius 2 is 2.00 bits per heavy atom. The normalized spacial score (nSPS) is 11.0. The molecule has 1 aromatic carbocycles. The van der Waals surface area contributed by atoms with E-state index >= 15 is 0 Å². The molecular formula is C22H19ClN4OS. The number of hydrogen-bond acceptors (Lipinski definition) is 4. The van der Waals surface area contributed by atoms with Crippen LogP contribution in [0.15, 0.2) is 60.1 Å². The van der Waals surface area contributed by atoms with Crippen LogP contribution >= 0.6 is 22.9 Å². The molecule has 0 bridgehead atoms. The fourth-order valence-corrected chi connectivity index (χ4v) is 4.45. The second-order valence-electron chi connectivity index (χ2n) is 6.63. The van der Waals surface area contributed by atoms with E-state index in [0.717, 1.165) is 39.8 Å². The van der Waals surface area contributed by atoms with Crippen LogP contribution in [0.25, 0.3) is 22.0 Å². The van der Waals surface area contributed by atoms with Gasteiger partial charge in [0, 0.05) is 41.5 Å². The maximum Gasteiger partial charge on any atom is 0.250 e. The van der Waals surface area contributed by atoms with Crippen molar-refractivity contribution >= 4 is 28.8 Å². The molecule has 3 heterocycles. The molecule has 0 atom stereocenters. The van der Waals surface area contributed by atoms with Crippen LogP contribution in [0.1, 0.15) is 21.7 Å². The van der Waals surface area contributed by atoms with E-state index in [1.165, 1.54) is 11.3 Å². The van der Waals surface area contributed by atoms with Gasteiger partial charge in [0.1, 0.15) is 5.01 Å². The van der Waals surface area contributed by atoms with Gasteiger partial charge in [-0.25, -0.2) is 4.98 Å². The van der Waals surface area contributed by atoms with Gasteiger partial charge in [0.05, 0.1) is 22.0 Å². The van der Waals surface area contributed by atoms with E-state index in [0.29, 0.717) is 17.1 Å². The van der Waals surface area contributed by atoms with Crippen LogP contribution in [0.3, 0.4) is 0 Å². The second kappa shape index (κ2) is 8.19. The van der Waals surface area contributed by atoms with E-state index in [1.54, 1.807) is 6.20 Å². The van der Waals surface area contributed by atoms with E-state index in [2.05, 4.69) is 9.55 Å². The number of hydrogen-bond donors (Lipinski definition) is 1. The third-order valence-electron chi connectivity index (χ3n) is 4.82. The Morgan fingerprint density at radius 3 is 2.72 bits per heavy atom. The Morgan fingerprint density at radius 1 is 1.21 bits per heavy atom. The van der Waals surface area contributed by atoms with Crippen molar-refractivity contribution in [1.29, 1.82) is 0 Å². The summed E-state index contributed by atoms with van der Waals surface area (Å²) in [7, 11) is 0. The van der Waals surface area contributed by atoms with Gasteiger partial charge in [0.25, 0.3) is 5.91 Å². The monoisotopic (exact) mass is 422 g/mol. The number of aromatic nitrogens is 3. The van der Waals surface area contributed by atoms with Crippen LogP contribution in [0.2, 0.25) is 5.02 Å². The predicted octanol–water partition coefficient (Wildman–Crippen LogP) is 4.98. The fourth-order valence-electron chi connectivity index (χ4n) is 3.32. The van der Waals surface area contributed by atoms with Gasteiger partial charge >= 0.3 is 0 Å². The van der Waals surface area contributed by atoms with Gasteiger partial charge in [-0.1, -0.05) is 35.9 Å². The van der Waals surface area contributed by atoms with Crippen LogP contribution in [-0.4, -0.2) is 20.4 Å². The summed E-state index contributed by atoms with van der Waals surface area (Å²) in [5.74, 6) is -0.443. The summed E-state index contributed by atoms with van der Waals surface area (Å²) in [6, 6.07) is 15.3. The lowest BCUT2D eigenvalue weighted by atomic mass is 10.2. The van der Waals surface area contributed by atoms with Crippen LogP contribution in [0.5, 0.6) is 0 Å². The molecule has 0 aliphatic heterocycles. The number of halogens is 1. The minimum absolute atomic E-state index is 0.443. The zero-order chi connectivity index (χ0) is 20.4. The molecule has 2 N–H and O–H groups in total. The quantitative estimate of drug-likeness (QED) is 0.476. The molecule has 0 aliphatic rings. The highest BCUT2D eigenvalue weighted by atomic mass is 35.5. The topological polar surface area (TPSA) is 73.8 Å². The minimum atomic E-state index is -0.443. The first-order valence-corrected chi connectivity index (χ1v) is 10.4. The average molecular weight is 423 g/mol. The van der Waals surface area contributed by atoms with Crippen molar-refractivity contribution < 1.29 is 4.79 Å². The lowest BCUT2D eigenvalue weighted by Crippen LogP contribution is -2.13. The maximum atomic E-state index is 11.9. The van der Waals surface area contributed by atoms with Crippen molar-refractivity contribution in [2.45, 2.75) is 19.9 Å². The second-order valence-corrected chi connectivity index (χ2v) is 7.90. The standard InChI is InChI=1S/C22H19ClN4OS/c1-14-17(21(24)28)12-20(27(14)11-9-15-6-4-5-10-25-15)19-13-29-22(26-19)16-7-2-3-8-18(16)23/h2-8,10,12-13H,9,11H2,1H3,(H2,24,28). The van der Waals surface area contributed by atoms with Gasteiger partial charge in [-0.05, 0) is 31.2 Å². The Balaban J connectivity index is 1.72. The number of amides is 1. The number of benzene rings is 1. The van der Waals surface area contributed by atoms with E-state index in [-0.39, 0.29) is 0 Å². The summed E-state index contributed by atoms with van der Waals surface area (Å²) in [5.41, 5.74) is 10.5. The number of primary amides is 1. The fraction of sp³-hybridized carbons (Fsp3) is 0.136. The molecule has 0 aliphatic carbocycles. The maximum absolute atomic E-state index is 11.9. The van der Waals surface area contributed by atoms with Crippen molar-refractivity contribution in [2.24, 2.45) is 5.73 Å². The lowest BCUT2D eigenvalue weighted by molar-refractivity contribution is 0.0999. The molecular weight excluding hydrogens is 404 g/mol. The lowest BCUT2D eigenvalue weighted by Gasteiger charge is -2.10. The molecule has 146 valence electrons. The molecule has 0 unspecified atom stereocenters. The highest BCUT2D eigenvalue weighted by Gasteiger charge is 2.19. The number of aryl methyl sites for hydroxylation is 1. The Labute approximate surface area is 177 Å². The summed E-state index contributed by atoms with van der Waals surface area (Å²) in [5, 5.41) is 3.48. The third-order valence-corrected chi connectivity index (χ3v) is 6.03. The zero-order valence-corrected chi connectivity index (χ0v) is 17.4. The predicted molar refractivity (Wildman–Crippen MR) is 117 cm³/mol. The van der Waals surface area contributed by atoms with E-state index in [9.17, 15) is 4.79 Å². The van der Waals surface area contributed by atoms with E-state index in [1.807, 2.05) is 60.8 Å². The summed E-state index contributed by atoms with van der Waals surface area (Å²) in [6.07, 6.45) is 2.52. The molecule has 0 fully saturated rings. The minimum Gasteiger partial charge on any atom is -0.366 e. The molecule has 7 heteroatoms. The molecule has 5 nitrogen and oxygen atoms in total. The smallest absolute Gasteiger partial charge is 0.250 e. The van der Waals surface area contributed by atoms with Crippen LogP contribution in [-0.2, 0) is 13.0 Å². The summed E-state index contributed by atoms with van der Waals surface area (Å²) in [6.45, 7) is 2.58. The van der Waals surface area contributed by atoms with E-state index < -0.39 is 5.91 Å². The Bertz CT molecular complexity index is 1170. The van der Waals surface area contributed by atoms with Crippen LogP contribution in [0.4, 0.5) is 0 Å². The number of carbonyl (C=O) groups excluding carboxylic acids is 1. The van der Waals surface area contributed by atoms with Crippen molar-refractivity contribution in [2.75, 3.05) is 0 Å². The molecule has 3 aromatic heterocycles. The molecule has 4 rings (SSSR count). The van der Waals surface area contributed by atoms with Gasteiger partial charge in [-0.2, -0.15) is 0 Å². The van der Waals surface area contributed by atoms with Crippen LogP contribution in [0, 0.1) is 6.92 Å². The summed E-state index contributed by atoms with van der Waals surface area (Å²) < 4.78 is 2.08. The number of nitrogens with zero attached hydrogens (tertiary/aromatic N) is 3. The number of rotatable bonds is 6. The zero-order valence-electron chi connectivity index (χ0n) is 15.8. The third kappa shape index (κ3) is 3.95. The van der Waals surface area contributed by atoms with Gasteiger partial charge in [0.15, 0.2) is 0 Å². The molecule has 0 saturated heterocycles. The van der Waals surface area contributed by atoms with Crippen molar-refractivity contribution in [3.05, 3.63) is 82.1 Å². The van der Waals surface area contributed by atoms with Crippen molar-refractivity contribution in [1.82, 2.24) is 14.5 Å². The number of thiazole rings is 1. The first-order chi connectivity index (χ1) is 14.0. The largest absolute Gasteiger partial charge is 0.366 e. The molecule has 1 amide bonds. The molecule has 0 radical (unpaired) electrons. The van der Waals surface area contributed by atoms with Gasteiger partial charge in [-0.15, -0.1) is 11.3 Å². The van der Waals surface area contributed by atoms with Crippen molar-refractivity contribution in [3.8, 4) is 22.0 Å². The number of carbonyl (C=O) groups is 1. The summed E-state index contributed by atoms with van der Waals surface area (Å²) in [4.78, 5) is 21.1. The summed E-state index contributed by atoms with van der Waals surface area (Å²) >= 11 is 7.85. The van der Waals surface area contributed by atoms with Gasteiger partial charge in [0.2, 0.25) is 0 Å². The highest BCUT2D eigenvalue weighted by molar-refractivity contribution is 7.13. The van der Waals surface area contributed by atoms with E-state index in [4.69, 9.17) is 22.3 Å². The van der Waals surface area contributed by atoms with Gasteiger partial charge < -0.3 is 10.3 Å².